The maximum absolute atomic E-state index is 12.9. The smallest absolute Gasteiger partial charge is 0.328 e. The van der Waals surface area contributed by atoms with Gasteiger partial charge in [0.25, 0.3) is 0 Å². The fourth-order valence-corrected chi connectivity index (χ4v) is 5.97. The number of hydrogen-bond donors (Lipinski definition) is 2. The van der Waals surface area contributed by atoms with Gasteiger partial charge in [0, 0.05) is 13.0 Å². The van der Waals surface area contributed by atoms with Crippen LogP contribution >= 0.6 is 0 Å². The molecule has 5 nitrogen and oxygen atoms in total. The van der Waals surface area contributed by atoms with E-state index in [9.17, 15) is 9.59 Å². The third kappa shape index (κ3) is 37.1. The molecular formula is C45H81NO4. The van der Waals surface area contributed by atoms with Gasteiger partial charge in [-0.2, -0.15) is 0 Å². The van der Waals surface area contributed by atoms with Crippen molar-refractivity contribution in [2.75, 3.05) is 13.2 Å². The summed E-state index contributed by atoms with van der Waals surface area (Å²) in [5.41, 5.74) is 0. The van der Waals surface area contributed by atoms with Crippen molar-refractivity contribution >= 4 is 11.9 Å². The summed E-state index contributed by atoms with van der Waals surface area (Å²) in [5, 5.41) is 12.0. The van der Waals surface area contributed by atoms with Gasteiger partial charge in [-0.25, -0.2) is 4.79 Å². The summed E-state index contributed by atoms with van der Waals surface area (Å²) in [4.78, 5) is 25.7. The Labute approximate surface area is 310 Å². The van der Waals surface area contributed by atoms with E-state index >= 15 is 0 Å². The first-order chi connectivity index (χ1) is 24.7. The Bertz CT molecular complexity index is 846. The monoisotopic (exact) mass is 700 g/mol. The molecule has 0 fully saturated rings. The zero-order chi connectivity index (χ0) is 36.4. The molecule has 0 aromatic rings. The average molecular weight is 700 g/mol. The van der Waals surface area contributed by atoms with E-state index in [1.54, 1.807) is 0 Å². The summed E-state index contributed by atoms with van der Waals surface area (Å²) in [6.45, 7) is 5.15. The summed E-state index contributed by atoms with van der Waals surface area (Å²) < 4.78 is 5.64. The van der Waals surface area contributed by atoms with Crippen molar-refractivity contribution in [1.82, 2.24) is 5.32 Å². The maximum Gasteiger partial charge on any atom is 0.328 e. The Hall–Kier alpha value is -2.14. The van der Waals surface area contributed by atoms with E-state index in [4.69, 9.17) is 9.84 Å². The SMILES string of the molecule is CCCCC/C=C\C/C=C\CCCCCCCCOC(=O)C(CCCCCCCO)NC(=O)CCCCCCC/C=C\C/C=C\CCCCC. The minimum absolute atomic E-state index is 0.0355. The standard InChI is InChI=1S/C45H81NO4/c1-3-5-7-9-11-13-15-17-19-21-23-25-27-29-34-38-42-50-45(49)43(39-35-31-30-33-37-41-47)46-44(48)40-36-32-28-26-24-22-20-18-16-14-12-10-8-6-4-2/h11-14,17-20,43,47H,3-10,15-16,21-42H2,1-2H3,(H,46,48)/b13-11-,14-12-,19-17-,20-18-. The third-order valence-electron chi connectivity index (χ3n) is 9.21. The van der Waals surface area contributed by atoms with Crippen molar-refractivity contribution in [3.8, 4) is 0 Å². The second-order valence-electron chi connectivity index (χ2n) is 14.1. The van der Waals surface area contributed by atoms with Crippen LogP contribution in [0.25, 0.3) is 0 Å². The second-order valence-corrected chi connectivity index (χ2v) is 14.1. The van der Waals surface area contributed by atoms with Crippen LogP contribution in [0.2, 0.25) is 0 Å². The van der Waals surface area contributed by atoms with Gasteiger partial charge in [0.1, 0.15) is 6.04 Å². The van der Waals surface area contributed by atoms with Crippen molar-refractivity contribution in [2.24, 2.45) is 0 Å². The fraction of sp³-hybridized carbons (Fsp3) is 0.778. The largest absolute Gasteiger partial charge is 0.464 e. The molecule has 0 radical (unpaired) electrons. The Morgan fingerprint density at radius 1 is 0.520 bits per heavy atom. The number of hydrogen-bond acceptors (Lipinski definition) is 4. The minimum atomic E-state index is -0.553. The highest BCUT2D eigenvalue weighted by atomic mass is 16.5. The Morgan fingerprint density at radius 2 is 0.940 bits per heavy atom. The molecule has 1 amide bonds. The Balaban J connectivity index is 4.11. The van der Waals surface area contributed by atoms with Gasteiger partial charge in [-0.3, -0.25) is 4.79 Å². The number of carbonyl (C=O) groups is 2. The van der Waals surface area contributed by atoms with Crippen LogP contribution in [0.3, 0.4) is 0 Å². The highest BCUT2D eigenvalue weighted by molar-refractivity contribution is 5.84. The minimum Gasteiger partial charge on any atom is -0.464 e. The van der Waals surface area contributed by atoms with Crippen molar-refractivity contribution < 1.29 is 19.4 Å². The first kappa shape index (κ1) is 47.9. The number of esters is 1. The summed E-state index contributed by atoms with van der Waals surface area (Å²) >= 11 is 0. The first-order valence-corrected chi connectivity index (χ1v) is 21.3. The highest BCUT2D eigenvalue weighted by Crippen LogP contribution is 2.13. The molecule has 0 rings (SSSR count). The number of aliphatic hydroxyl groups excluding tert-OH is 1. The number of aliphatic hydroxyl groups is 1. The number of nitrogens with one attached hydrogen (secondary N) is 1. The average Bonchev–Trinajstić information content (AvgIpc) is 3.12. The molecule has 0 aromatic heterocycles. The third-order valence-corrected chi connectivity index (χ3v) is 9.21. The molecule has 1 unspecified atom stereocenters. The summed E-state index contributed by atoms with van der Waals surface area (Å²) in [5.74, 6) is -0.317. The van der Waals surface area contributed by atoms with Crippen LogP contribution in [0.1, 0.15) is 206 Å². The van der Waals surface area contributed by atoms with Crippen LogP contribution in [0.15, 0.2) is 48.6 Å². The van der Waals surface area contributed by atoms with E-state index < -0.39 is 6.04 Å². The molecule has 1 atom stereocenters. The molecule has 0 aliphatic rings. The van der Waals surface area contributed by atoms with Gasteiger partial charge < -0.3 is 15.2 Å². The van der Waals surface area contributed by atoms with Gasteiger partial charge in [0.2, 0.25) is 5.91 Å². The van der Waals surface area contributed by atoms with Crippen molar-refractivity contribution in [3.05, 3.63) is 48.6 Å². The van der Waals surface area contributed by atoms with Crippen molar-refractivity contribution in [2.45, 2.75) is 213 Å². The van der Waals surface area contributed by atoms with Crippen molar-refractivity contribution in [1.29, 1.82) is 0 Å². The number of amides is 1. The van der Waals surface area contributed by atoms with Gasteiger partial charge in [-0.05, 0) is 89.9 Å². The number of unbranched alkanes of at least 4 members (excludes halogenated alkanes) is 21. The maximum atomic E-state index is 12.9. The molecule has 0 aliphatic carbocycles. The highest BCUT2D eigenvalue weighted by Gasteiger charge is 2.21. The lowest BCUT2D eigenvalue weighted by molar-refractivity contribution is -0.148. The van der Waals surface area contributed by atoms with E-state index in [1.807, 2.05) is 0 Å². The van der Waals surface area contributed by atoms with E-state index in [2.05, 4.69) is 67.8 Å². The molecule has 290 valence electrons. The van der Waals surface area contributed by atoms with Gasteiger partial charge in [0.15, 0.2) is 0 Å². The number of carbonyl (C=O) groups excluding carboxylic acids is 2. The fourth-order valence-electron chi connectivity index (χ4n) is 5.97. The van der Waals surface area contributed by atoms with Crippen LogP contribution in [0, 0.1) is 0 Å². The molecule has 0 aromatic carbocycles. The van der Waals surface area contributed by atoms with E-state index in [0.717, 1.165) is 89.9 Å². The van der Waals surface area contributed by atoms with Crippen LogP contribution in [-0.2, 0) is 14.3 Å². The van der Waals surface area contributed by atoms with Crippen LogP contribution < -0.4 is 5.32 Å². The second kappa shape index (κ2) is 41.3. The predicted octanol–water partition coefficient (Wildman–Crippen LogP) is 13.0. The molecule has 50 heavy (non-hydrogen) atoms. The topological polar surface area (TPSA) is 75.6 Å². The summed E-state index contributed by atoms with van der Waals surface area (Å²) in [7, 11) is 0. The lowest BCUT2D eigenvalue weighted by Crippen LogP contribution is -2.41. The number of ether oxygens (including phenoxy) is 1. The molecule has 0 aliphatic heterocycles. The van der Waals surface area contributed by atoms with E-state index in [1.165, 1.54) is 89.9 Å². The molecule has 0 bridgehead atoms. The quantitative estimate of drug-likeness (QED) is 0.0382. The van der Waals surface area contributed by atoms with Crippen LogP contribution in [0.4, 0.5) is 0 Å². The van der Waals surface area contributed by atoms with Gasteiger partial charge >= 0.3 is 5.97 Å². The van der Waals surface area contributed by atoms with Gasteiger partial charge in [0.05, 0.1) is 6.61 Å². The molecule has 0 heterocycles. The van der Waals surface area contributed by atoms with Gasteiger partial charge in [-0.1, -0.05) is 159 Å². The van der Waals surface area contributed by atoms with Crippen LogP contribution in [-0.4, -0.2) is 36.2 Å². The summed E-state index contributed by atoms with van der Waals surface area (Å²) in [6, 6.07) is -0.553. The molecule has 0 spiro atoms. The molecule has 0 saturated heterocycles. The lowest BCUT2D eigenvalue weighted by atomic mass is 10.1. The molecule has 0 saturated carbocycles. The number of allylic oxidation sites excluding steroid dienone is 8. The molecule has 2 N–H and O–H groups in total. The molecular weight excluding hydrogens is 618 g/mol. The normalized spacial score (nSPS) is 12.6. The lowest BCUT2D eigenvalue weighted by Gasteiger charge is -2.18. The van der Waals surface area contributed by atoms with E-state index in [-0.39, 0.29) is 18.5 Å². The first-order valence-electron chi connectivity index (χ1n) is 21.3. The Morgan fingerprint density at radius 3 is 1.44 bits per heavy atom. The summed E-state index contributed by atoms with van der Waals surface area (Å²) in [6.07, 6.45) is 51.1. The van der Waals surface area contributed by atoms with Crippen LogP contribution in [0.5, 0.6) is 0 Å². The number of rotatable bonds is 38. The predicted molar refractivity (Wildman–Crippen MR) is 216 cm³/mol. The molecule has 5 heteroatoms. The Kier molecular flexibility index (Phi) is 39.5. The van der Waals surface area contributed by atoms with E-state index in [0.29, 0.717) is 19.4 Å². The van der Waals surface area contributed by atoms with Gasteiger partial charge in [-0.15, -0.1) is 0 Å². The van der Waals surface area contributed by atoms with Crippen molar-refractivity contribution in [3.63, 3.8) is 0 Å². The zero-order valence-electron chi connectivity index (χ0n) is 33.0. The zero-order valence-corrected chi connectivity index (χ0v) is 33.0.